The number of aromatic nitrogens is 1. The van der Waals surface area contributed by atoms with Gasteiger partial charge in [0.15, 0.2) is 0 Å². The summed E-state index contributed by atoms with van der Waals surface area (Å²) in [4.78, 5) is 14.4. The molecule has 0 spiro atoms. The van der Waals surface area contributed by atoms with E-state index < -0.39 is 5.97 Å². The average molecular weight is 329 g/mol. The minimum absolute atomic E-state index is 0. The summed E-state index contributed by atoms with van der Waals surface area (Å²) in [7, 11) is 0. The number of rotatable bonds is 1. The molecule has 23 heavy (non-hydrogen) atoms. The van der Waals surface area contributed by atoms with Crippen LogP contribution in [0.3, 0.4) is 0 Å². The van der Waals surface area contributed by atoms with Crippen LogP contribution in [-0.4, -0.2) is 16.1 Å². The molecule has 3 aromatic carbocycles. The molecule has 5 heteroatoms. The molecule has 0 radical (unpaired) electrons. The molecule has 108 valence electrons. The van der Waals surface area contributed by atoms with E-state index in [4.69, 9.17) is 0 Å². The van der Waals surface area contributed by atoms with Crippen molar-refractivity contribution in [1.82, 2.24) is 4.98 Å². The first kappa shape index (κ1) is 16.5. The van der Waals surface area contributed by atoms with Crippen molar-refractivity contribution < 1.29 is 66.4 Å². The molecule has 0 saturated carbocycles. The molecule has 4 rings (SSSR count). The number of hydrogen-bond donors (Lipinski definition) is 2. The molecule has 2 N–H and O–H groups in total. The van der Waals surface area contributed by atoms with Crippen LogP contribution in [0.2, 0.25) is 0 Å². The Labute approximate surface area is 174 Å². The molecule has 0 aliphatic carbocycles. The van der Waals surface area contributed by atoms with E-state index in [1.165, 1.54) is 17.7 Å². The van der Waals surface area contributed by atoms with E-state index in [0.717, 1.165) is 32.6 Å². The first-order chi connectivity index (χ1) is 10.5. The normalized spacial score (nSPS) is 11.0. The van der Waals surface area contributed by atoms with Crippen molar-refractivity contribution in [2.75, 3.05) is 0 Å². The number of benzene rings is 3. The van der Waals surface area contributed by atoms with Crippen LogP contribution >= 0.6 is 0 Å². The fourth-order valence-electron chi connectivity index (χ4n) is 3.01. The molecule has 0 aliphatic heterocycles. The van der Waals surface area contributed by atoms with Crippen molar-refractivity contribution in [1.29, 1.82) is 0 Å². The summed E-state index contributed by atoms with van der Waals surface area (Å²) in [6.07, 6.45) is 0. The van der Waals surface area contributed by atoms with Crippen LogP contribution in [0.15, 0.2) is 42.5 Å². The van der Waals surface area contributed by atoms with Gasteiger partial charge in [-0.15, -0.1) is 0 Å². The zero-order chi connectivity index (χ0) is 15.4. The van der Waals surface area contributed by atoms with Crippen LogP contribution in [0.1, 0.15) is 15.9 Å². The maximum atomic E-state index is 11.0. The molecule has 0 fully saturated rings. The second-order valence-electron chi connectivity index (χ2n) is 5.54. The fraction of sp³-hybridized carbons (Fsp3) is 0.0556. The predicted molar refractivity (Wildman–Crippen MR) is 84.0 cm³/mol. The van der Waals surface area contributed by atoms with E-state index >= 15 is 0 Å². The number of hydrogen-bond acceptors (Lipinski definition) is 3. The maximum absolute atomic E-state index is 11.0. The molecule has 0 bridgehead atoms. The Hall–Kier alpha value is -1.37. The topological polar surface area (TPSA) is 76.1 Å². The summed E-state index contributed by atoms with van der Waals surface area (Å²) in [5.41, 5.74) is 2.87. The third-order valence-electron chi connectivity index (χ3n) is 4.08. The van der Waals surface area contributed by atoms with Gasteiger partial charge in [0.05, 0.1) is 11.5 Å². The molecular weight excluding hydrogens is 317 g/mol. The Morgan fingerprint density at radius 2 is 1.83 bits per heavy atom. The largest absolute Gasteiger partial charge is 1.00 e. The van der Waals surface area contributed by atoms with E-state index in [1.807, 2.05) is 31.2 Å². The average Bonchev–Trinajstić information content (AvgIpc) is 2.84. The van der Waals surface area contributed by atoms with E-state index in [1.54, 1.807) is 0 Å². The van der Waals surface area contributed by atoms with Gasteiger partial charge in [0.2, 0.25) is 0 Å². The van der Waals surface area contributed by atoms with Crippen molar-refractivity contribution in [2.24, 2.45) is 0 Å². The number of aryl methyl sites for hydroxylation is 1. The number of aromatic carboxylic acids is 1. The summed E-state index contributed by atoms with van der Waals surface area (Å²) in [6, 6.07) is 12.9. The van der Waals surface area contributed by atoms with Crippen LogP contribution in [0.4, 0.5) is 0 Å². The zero-order valence-corrected chi connectivity index (χ0v) is 15.9. The summed E-state index contributed by atoms with van der Waals surface area (Å²) < 4.78 is 0. The number of aromatic hydroxyl groups is 1. The van der Waals surface area contributed by atoms with Gasteiger partial charge < -0.3 is 20.0 Å². The van der Waals surface area contributed by atoms with Gasteiger partial charge in [-0.1, -0.05) is 23.8 Å². The van der Waals surface area contributed by atoms with E-state index in [2.05, 4.69) is 11.1 Å². The molecule has 4 nitrogen and oxygen atoms in total. The second-order valence-corrected chi connectivity index (χ2v) is 5.54. The van der Waals surface area contributed by atoms with Crippen molar-refractivity contribution in [3.05, 3.63) is 53.6 Å². The van der Waals surface area contributed by atoms with Gasteiger partial charge in [-0.2, -0.15) is 0 Å². The molecule has 0 atom stereocenters. The van der Waals surface area contributed by atoms with Gasteiger partial charge in [-0.3, -0.25) is 0 Å². The van der Waals surface area contributed by atoms with E-state index in [0.29, 0.717) is 0 Å². The van der Waals surface area contributed by atoms with Gasteiger partial charge in [-0.05, 0) is 36.6 Å². The number of carbonyl (C=O) groups is 1. The standard InChI is InChI=1S/C18H13NO3.K/c1-9-2-5-15-13(6-9)11-4-3-10-7-14(18(21)22)16(20)8-12(10)17(11)19-15;/h2-8,19-20H,1H3,(H,21,22);/q;+1/p-1. The Morgan fingerprint density at radius 1 is 1.04 bits per heavy atom. The van der Waals surface area contributed by atoms with Crippen molar-refractivity contribution >= 4 is 38.5 Å². The molecule has 0 unspecified atom stereocenters. The Bertz CT molecular complexity index is 1080. The molecule has 0 saturated heterocycles. The number of aromatic amines is 1. The summed E-state index contributed by atoms with van der Waals surface area (Å²) in [5.74, 6) is -1.67. The number of carbonyl (C=O) groups excluding carboxylic acids is 1. The summed E-state index contributed by atoms with van der Waals surface area (Å²) >= 11 is 0. The third-order valence-corrected chi connectivity index (χ3v) is 4.08. The predicted octanol–water partition coefficient (Wildman–Crippen LogP) is -0.144. The molecule has 0 amide bonds. The van der Waals surface area contributed by atoms with Gasteiger partial charge in [0.25, 0.3) is 0 Å². The first-order valence-electron chi connectivity index (χ1n) is 6.94. The zero-order valence-electron chi connectivity index (χ0n) is 12.8. The Morgan fingerprint density at radius 3 is 2.57 bits per heavy atom. The first-order valence-corrected chi connectivity index (χ1v) is 6.94. The molecule has 1 heterocycles. The SMILES string of the molecule is Cc1ccc2[nH]c3c4cc(O)c(C(=O)[O-])cc4ccc3c2c1.[K+]. The van der Waals surface area contributed by atoms with Gasteiger partial charge in [0.1, 0.15) is 5.75 Å². The third kappa shape index (κ3) is 2.58. The van der Waals surface area contributed by atoms with Crippen LogP contribution < -0.4 is 56.5 Å². The maximum Gasteiger partial charge on any atom is 1.00 e. The quantitative estimate of drug-likeness (QED) is 0.477. The van der Waals surface area contributed by atoms with E-state index in [-0.39, 0.29) is 62.7 Å². The number of fused-ring (bicyclic) bond motifs is 5. The number of carboxylic acid groups (broad SMARTS) is 1. The van der Waals surface area contributed by atoms with E-state index in [9.17, 15) is 15.0 Å². The van der Waals surface area contributed by atoms with Gasteiger partial charge in [-0.25, -0.2) is 0 Å². The number of carboxylic acids is 1. The van der Waals surface area contributed by atoms with Gasteiger partial charge in [0, 0.05) is 27.2 Å². The Balaban J connectivity index is 0.00000156. The van der Waals surface area contributed by atoms with Crippen molar-refractivity contribution in [3.63, 3.8) is 0 Å². The van der Waals surface area contributed by atoms with Crippen LogP contribution in [-0.2, 0) is 0 Å². The fourth-order valence-corrected chi connectivity index (χ4v) is 3.01. The number of phenols is 1. The molecule has 0 aliphatic rings. The van der Waals surface area contributed by atoms with Crippen LogP contribution in [0, 0.1) is 6.92 Å². The minimum atomic E-state index is -1.38. The Kier molecular flexibility index (Phi) is 4.24. The number of H-pyrrole nitrogens is 1. The van der Waals surface area contributed by atoms with Crippen molar-refractivity contribution in [3.8, 4) is 5.75 Å². The molecular formula is C18H12KNO3. The van der Waals surface area contributed by atoms with Crippen LogP contribution in [0.5, 0.6) is 5.75 Å². The number of nitrogens with one attached hydrogen (secondary N) is 1. The summed E-state index contributed by atoms with van der Waals surface area (Å²) in [6.45, 7) is 2.04. The van der Waals surface area contributed by atoms with Crippen molar-refractivity contribution in [2.45, 2.75) is 6.92 Å². The smallest absolute Gasteiger partial charge is 0.545 e. The molecule has 4 aromatic rings. The summed E-state index contributed by atoms with van der Waals surface area (Å²) in [5, 5.41) is 24.6. The van der Waals surface area contributed by atoms with Crippen LogP contribution in [0.25, 0.3) is 32.6 Å². The second kappa shape index (κ2) is 5.92. The molecule has 1 aromatic heterocycles. The van der Waals surface area contributed by atoms with Gasteiger partial charge >= 0.3 is 51.4 Å². The monoisotopic (exact) mass is 329 g/mol. The minimum Gasteiger partial charge on any atom is -0.545 e.